The zero-order valence-electron chi connectivity index (χ0n) is 18.3. The lowest BCUT2D eigenvalue weighted by molar-refractivity contribution is -0.172. The molecule has 0 unspecified atom stereocenters. The SMILES string of the molecule is CC(C)(C)OC(=O)N[C@@H](CCC(=O)O)C(=O)O.O=C1CCC(=O)N1O.O=C1CCC(=O)N1O. The van der Waals surface area contributed by atoms with E-state index in [1.165, 1.54) is 0 Å². The molecule has 0 aliphatic carbocycles. The summed E-state index contributed by atoms with van der Waals surface area (Å²) in [4.78, 5) is 73.3. The first-order valence-electron chi connectivity index (χ1n) is 9.58. The van der Waals surface area contributed by atoms with Crippen molar-refractivity contribution in [3.05, 3.63) is 0 Å². The van der Waals surface area contributed by atoms with E-state index in [9.17, 15) is 33.6 Å². The van der Waals surface area contributed by atoms with Crippen molar-refractivity contribution in [1.82, 2.24) is 15.4 Å². The van der Waals surface area contributed by atoms with Crippen molar-refractivity contribution in [1.29, 1.82) is 0 Å². The molecule has 2 rings (SSSR count). The van der Waals surface area contributed by atoms with Gasteiger partial charge in [0, 0.05) is 32.1 Å². The average Bonchev–Trinajstić information content (AvgIpc) is 3.14. The van der Waals surface area contributed by atoms with Crippen LogP contribution < -0.4 is 5.32 Å². The highest BCUT2D eigenvalue weighted by Crippen LogP contribution is 2.09. The van der Waals surface area contributed by atoms with Crippen LogP contribution in [0.1, 0.15) is 59.3 Å². The monoisotopic (exact) mass is 477 g/mol. The van der Waals surface area contributed by atoms with Crippen LogP contribution in [0.3, 0.4) is 0 Å². The van der Waals surface area contributed by atoms with Crippen molar-refractivity contribution >= 4 is 41.7 Å². The Hall–Kier alpha value is -3.59. The molecule has 0 aromatic carbocycles. The van der Waals surface area contributed by atoms with Crippen LogP contribution in [0.15, 0.2) is 0 Å². The summed E-state index contributed by atoms with van der Waals surface area (Å²) in [5.74, 6) is -4.44. The smallest absolute Gasteiger partial charge is 0.408 e. The van der Waals surface area contributed by atoms with Crippen LogP contribution in [-0.4, -0.2) is 84.1 Å². The summed E-state index contributed by atoms with van der Waals surface area (Å²) in [7, 11) is 0. The Balaban J connectivity index is 0.000000525. The maximum absolute atomic E-state index is 11.3. The third-order valence-electron chi connectivity index (χ3n) is 3.69. The van der Waals surface area contributed by atoms with Gasteiger partial charge in [0.25, 0.3) is 23.6 Å². The van der Waals surface area contributed by atoms with Crippen molar-refractivity contribution in [3.63, 3.8) is 0 Å². The molecular weight excluding hydrogens is 450 g/mol. The molecule has 186 valence electrons. The third-order valence-corrected chi connectivity index (χ3v) is 3.69. The number of ether oxygens (including phenoxy) is 1. The van der Waals surface area contributed by atoms with Gasteiger partial charge in [-0.1, -0.05) is 0 Å². The number of nitrogens with one attached hydrogen (secondary N) is 1. The van der Waals surface area contributed by atoms with E-state index in [1.54, 1.807) is 20.8 Å². The second-order valence-corrected chi connectivity index (χ2v) is 7.67. The Morgan fingerprint density at radius 1 is 0.879 bits per heavy atom. The van der Waals surface area contributed by atoms with Gasteiger partial charge in [0.1, 0.15) is 11.6 Å². The maximum atomic E-state index is 11.3. The van der Waals surface area contributed by atoms with Gasteiger partial charge in [0.15, 0.2) is 0 Å². The fourth-order valence-corrected chi connectivity index (χ4v) is 2.10. The molecule has 0 aromatic heterocycles. The molecule has 2 heterocycles. The fourth-order valence-electron chi connectivity index (χ4n) is 2.10. The molecule has 0 bridgehead atoms. The number of alkyl carbamates (subject to hydrolysis) is 1. The second kappa shape index (κ2) is 13.1. The summed E-state index contributed by atoms with van der Waals surface area (Å²) >= 11 is 0. The average molecular weight is 477 g/mol. The quantitative estimate of drug-likeness (QED) is 0.258. The minimum atomic E-state index is -1.29. The van der Waals surface area contributed by atoms with Gasteiger partial charge in [-0.25, -0.2) is 9.59 Å². The number of imide groups is 2. The fraction of sp³-hybridized carbons (Fsp3) is 0.611. The topological polar surface area (TPSA) is 228 Å². The van der Waals surface area contributed by atoms with Gasteiger partial charge in [-0.15, -0.1) is 0 Å². The number of aliphatic carboxylic acids is 2. The molecule has 1 atom stereocenters. The van der Waals surface area contributed by atoms with E-state index in [0.717, 1.165) is 0 Å². The van der Waals surface area contributed by atoms with Crippen LogP contribution in [0.2, 0.25) is 0 Å². The first-order chi connectivity index (χ1) is 15.0. The van der Waals surface area contributed by atoms with Crippen molar-refractivity contribution < 1.29 is 58.9 Å². The van der Waals surface area contributed by atoms with E-state index >= 15 is 0 Å². The van der Waals surface area contributed by atoms with Crippen LogP contribution in [0.5, 0.6) is 0 Å². The third kappa shape index (κ3) is 12.1. The minimum absolute atomic E-state index is 0.148. The number of amides is 5. The molecule has 2 saturated heterocycles. The predicted octanol–water partition coefficient (Wildman–Crippen LogP) is -0.122. The molecule has 15 nitrogen and oxygen atoms in total. The number of hydrogen-bond acceptors (Lipinski definition) is 10. The lowest BCUT2D eigenvalue weighted by Gasteiger charge is -2.21. The van der Waals surface area contributed by atoms with E-state index < -0.39 is 53.3 Å². The van der Waals surface area contributed by atoms with Gasteiger partial charge < -0.3 is 20.3 Å². The highest BCUT2D eigenvalue weighted by Gasteiger charge is 2.27. The number of rotatable bonds is 5. The van der Waals surface area contributed by atoms with E-state index in [-0.39, 0.29) is 48.7 Å². The molecule has 0 aromatic rings. The van der Waals surface area contributed by atoms with Gasteiger partial charge in [-0.2, -0.15) is 10.1 Å². The van der Waals surface area contributed by atoms with Gasteiger partial charge in [0.2, 0.25) is 0 Å². The van der Waals surface area contributed by atoms with E-state index in [4.69, 9.17) is 25.4 Å². The summed E-state index contributed by atoms with van der Waals surface area (Å²) in [6, 6.07) is -1.26. The molecule has 2 aliphatic rings. The Morgan fingerprint density at radius 2 is 1.24 bits per heavy atom. The number of carboxylic acid groups (broad SMARTS) is 2. The lowest BCUT2D eigenvalue weighted by Crippen LogP contribution is -2.43. The summed E-state index contributed by atoms with van der Waals surface area (Å²) < 4.78 is 4.86. The Bertz CT molecular complexity index is 723. The molecular formula is C18H27N3O12. The van der Waals surface area contributed by atoms with Crippen LogP contribution in [0.4, 0.5) is 4.79 Å². The molecule has 33 heavy (non-hydrogen) atoms. The van der Waals surface area contributed by atoms with E-state index in [0.29, 0.717) is 0 Å². The van der Waals surface area contributed by atoms with Gasteiger partial charge in [-0.3, -0.25) is 34.4 Å². The zero-order valence-corrected chi connectivity index (χ0v) is 18.3. The van der Waals surface area contributed by atoms with Crippen molar-refractivity contribution in [2.45, 2.75) is 70.9 Å². The van der Waals surface area contributed by atoms with Gasteiger partial charge in [0.05, 0.1) is 0 Å². The number of hydrogen-bond donors (Lipinski definition) is 5. The highest BCUT2D eigenvalue weighted by atomic mass is 16.6. The standard InChI is InChI=1S/C10H17NO6.2C4H5NO3/c1-10(2,3)17-9(16)11-6(8(14)15)4-5-7(12)13;2*6-3-1-2-4(7)5(3)8/h6H,4-5H2,1-3H3,(H,11,16)(H,12,13)(H,14,15);2*8H,1-2H2/t6-;;/m0../s1. The summed E-state index contributed by atoms with van der Waals surface area (Å²) in [6.45, 7) is 4.92. The van der Waals surface area contributed by atoms with Crippen LogP contribution in [0, 0.1) is 0 Å². The van der Waals surface area contributed by atoms with Crippen molar-refractivity contribution in [2.24, 2.45) is 0 Å². The number of carbonyl (C=O) groups excluding carboxylic acids is 5. The first kappa shape index (κ1) is 29.4. The number of carbonyl (C=O) groups is 7. The van der Waals surface area contributed by atoms with Gasteiger partial charge >= 0.3 is 18.0 Å². The molecule has 15 heteroatoms. The largest absolute Gasteiger partial charge is 0.481 e. The molecule has 0 radical (unpaired) electrons. The van der Waals surface area contributed by atoms with Crippen LogP contribution in [0.25, 0.3) is 0 Å². The molecule has 5 amide bonds. The lowest BCUT2D eigenvalue weighted by atomic mass is 10.1. The van der Waals surface area contributed by atoms with Crippen molar-refractivity contribution in [3.8, 4) is 0 Å². The molecule has 2 fully saturated rings. The van der Waals surface area contributed by atoms with Crippen molar-refractivity contribution in [2.75, 3.05) is 0 Å². The zero-order chi connectivity index (χ0) is 25.9. The number of nitrogens with zero attached hydrogens (tertiary/aromatic N) is 2. The minimum Gasteiger partial charge on any atom is -0.481 e. The summed E-state index contributed by atoms with van der Waals surface area (Å²) in [6.07, 6.45) is -0.818. The van der Waals surface area contributed by atoms with Gasteiger partial charge in [-0.05, 0) is 27.2 Å². The number of carboxylic acids is 2. The highest BCUT2D eigenvalue weighted by molar-refractivity contribution is 6.00. The Labute approximate surface area is 187 Å². The molecule has 5 N–H and O–H groups in total. The second-order valence-electron chi connectivity index (χ2n) is 7.67. The first-order valence-corrected chi connectivity index (χ1v) is 9.58. The Kier molecular flexibility index (Phi) is 11.6. The van der Waals surface area contributed by atoms with E-state index in [1.807, 2.05) is 0 Å². The maximum Gasteiger partial charge on any atom is 0.408 e. The number of hydroxylamine groups is 4. The normalized spacial score (nSPS) is 16.4. The van der Waals surface area contributed by atoms with Crippen LogP contribution in [-0.2, 0) is 33.5 Å². The molecule has 0 spiro atoms. The predicted molar refractivity (Wildman–Crippen MR) is 103 cm³/mol. The van der Waals surface area contributed by atoms with E-state index in [2.05, 4.69) is 5.32 Å². The van der Waals surface area contributed by atoms with Crippen LogP contribution >= 0.6 is 0 Å². The summed E-state index contributed by atoms with van der Waals surface area (Å²) in [5, 5.41) is 36.4. The summed E-state index contributed by atoms with van der Waals surface area (Å²) in [5.41, 5.74) is -0.736. The molecule has 2 aliphatic heterocycles. The Morgan fingerprint density at radius 3 is 1.45 bits per heavy atom. The molecule has 0 saturated carbocycles.